The van der Waals surface area contributed by atoms with Gasteiger partial charge in [-0.15, -0.1) is 0 Å². The molecule has 0 aromatic carbocycles. The molecule has 1 saturated heterocycles. The van der Waals surface area contributed by atoms with Crippen molar-refractivity contribution in [1.82, 2.24) is 19.8 Å². The van der Waals surface area contributed by atoms with E-state index in [1.54, 1.807) is 6.20 Å². The van der Waals surface area contributed by atoms with Crippen LogP contribution in [0.3, 0.4) is 0 Å². The molecule has 25 heavy (non-hydrogen) atoms. The Morgan fingerprint density at radius 1 is 1.28 bits per heavy atom. The first-order valence-electron chi connectivity index (χ1n) is 9.22. The highest BCUT2D eigenvalue weighted by molar-refractivity contribution is 5.96. The molecule has 0 radical (unpaired) electrons. The topological polar surface area (TPSA) is 50.2 Å². The molecule has 3 rings (SSSR count). The Bertz CT molecular complexity index is 715. The van der Waals surface area contributed by atoms with E-state index >= 15 is 0 Å². The second-order valence-corrected chi connectivity index (χ2v) is 6.85. The standard InChI is InChI=1S/C20H28N4O/c1-4-21-14-17-8-11-23(12-9-17)20(25)18-13-15(2)24(16(18)3)19-7-5-6-10-22-19/h5-7,10,13,17,21H,4,8-9,11-12,14H2,1-3H3. The zero-order valence-corrected chi connectivity index (χ0v) is 15.5. The minimum Gasteiger partial charge on any atom is -0.339 e. The van der Waals surface area contributed by atoms with Gasteiger partial charge in [-0.1, -0.05) is 13.0 Å². The van der Waals surface area contributed by atoms with Crippen LogP contribution in [0.2, 0.25) is 0 Å². The van der Waals surface area contributed by atoms with E-state index in [1.165, 1.54) is 0 Å². The average Bonchev–Trinajstić information content (AvgIpc) is 2.95. The molecule has 0 bridgehead atoms. The van der Waals surface area contributed by atoms with Crippen molar-refractivity contribution >= 4 is 5.91 Å². The number of aryl methyl sites for hydroxylation is 1. The van der Waals surface area contributed by atoms with Crippen LogP contribution in [0.4, 0.5) is 0 Å². The van der Waals surface area contributed by atoms with Crippen LogP contribution in [-0.2, 0) is 0 Å². The Morgan fingerprint density at radius 2 is 2.04 bits per heavy atom. The quantitative estimate of drug-likeness (QED) is 0.910. The second kappa shape index (κ2) is 7.83. The number of pyridine rings is 1. The van der Waals surface area contributed by atoms with Crippen LogP contribution in [0.15, 0.2) is 30.5 Å². The fraction of sp³-hybridized carbons (Fsp3) is 0.500. The van der Waals surface area contributed by atoms with Gasteiger partial charge in [-0.2, -0.15) is 0 Å². The Balaban J connectivity index is 1.74. The zero-order chi connectivity index (χ0) is 17.8. The molecule has 0 unspecified atom stereocenters. The summed E-state index contributed by atoms with van der Waals surface area (Å²) in [6, 6.07) is 7.84. The highest BCUT2D eigenvalue weighted by Crippen LogP contribution is 2.23. The number of nitrogens with zero attached hydrogens (tertiary/aromatic N) is 3. The van der Waals surface area contributed by atoms with Crippen LogP contribution in [0, 0.1) is 19.8 Å². The Kier molecular flexibility index (Phi) is 5.53. The minimum absolute atomic E-state index is 0.150. The molecule has 1 aliphatic heterocycles. The Labute approximate surface area is 150 Å². The molecule has 0 atom stereocenters. The van der Waals surface area contributed by atoms with E-state index in [1.807, 2.05) is 43.0 Å². The van der Waals surface area contributed by atoms with Gasteiger partial charge in [0.2, 0.25) is 0 Å². The maximum atomic E-state index is 13.0. The molecule has 2 aromatic rings. The summed E-state index contributed by atoms with van der Waals surface area (Å²) in [5.74, 6) is 1.70. The number of nitrogens with one attached hydrogen (secondary N) is 1. The van der Waals surface area contributed by atoms with Gasteiger partial charge in [-0.25, -0.2) is 4.98 Å². The molecule has 1 amide bonds. The molecule has 3 heterocycles. The lowest BCUT2D eigenvalue weighted by Crippen LogP contribution is -2.40. The van der Waals surface area contributed by atoms with Crippen molar-refractivity contribution in [3.8, 4) is 5.82 Å². The molecular weight excluding hydrogens is 312 g/mol. The maximum Gasteiger partial charge on any atom is 0.255 e. The number of hydrogen-bond donors (Lipinski definition) is 1. The average molecular weight is 340 g/mol. The maximum absolute atomic E-state index is 13.0. The van der Waals surface area contributed by atoms with Crippen molar-refractivity contribution in [2.75, 3.05) is 26.2 Å². The van der Waals surface area contributed by atoms with E-state index in [0.717, 1.165) is 61.8 Å². The summed E-state index contributed by atoms with van der Waals surface area (Å²) in [6.45, 7) is 9.94. The minimum atomic E-state index is 0.150. The number of hydrogen-bond acceptors (Lipinski definition) is 3. The van der Waals surface area contributed by atoms with Crippen LogP contribution in [0.5, 0.6) is 0 Å². The van der Waals surface area contributed by atoms with Gasteiger partial charge in [-0.05, 0) is 63.9 Å². The molecule has 0 saturated carbocycles. The largest absolute Gasteiger partial charge is 0.339 e. The van der Waals surface area contributed by atoms with Crippen molar-refractivity contribution in [2.24, 2.45) is 5.92 Å². The molecule has 134 valence electrons. The van der Waals surface area contributed by atoms with Crippen LogP contribution >= 0.6 is 0 Å². The third kappa shape index (κ3) is 3.76. The summed E-state index contributed by atoms with van der Waals surface area (Å²) in [4.78, 5) is 19.4. The molecule has 2 aromatic heterocycles. The lowest BCUT2D eigenvalue weighted by Gasteiger charge is -2.32. The number of likely N-dealkylation sites (tertiary alicyclic amines) is 1. The SMILES string of the molecule is CCNCC1CCN(C(=O)c2cc(C)n(-c3ccccn3)c2C)CC1. The van der Waals surface area contributed by atoms with Gasteiger partial charge in [0, 0.05) is 30.7 Å². The highest BCUT2D eigenvalue weighted by atomic mass is 16.2. The van der Waals surface area contributed by atoms with Crippen LogP contribution in [0.25, 0.3) is 5.82 Å². The van der Waals surface area contributed by atoms with E-state index in [2.05, 4.69) is 21.8 Å². The predicted molar refractivity (Wildman–Crippen MR) is 100 cm³/mol. The number of piperidine rings is 1. The molecule has 0 spiro atoms. The smallest absolute Gasteiger partial charge is 0.255 e. The van der Waals surface area contributed by atoms with Crippen molar-refractivity contribution in [2.45, 2.75) is 33.6 Å². The molecule has 5 heteroatoms. The van der Waals surface area contributed by atoms with Gasteiger partial charge in [0.1, 0.15) is 5.82 Å². The summed E-state index contributed by atoms with van der Waals surface area (Å²) >= 11 is 0. The normalized spacial score (nSPS) is 15.6. The first-order valence-corrected chi connectivity index (χ1v) is 9.22. The van der Waals surface area contributed by atoms with Gasteiger partial charge in [-0.3, -0.25) is 4.79 Å². The molecule has 1 N–H and O–H groups in total. The third-order valence-corrected chi connectivity index (χ3v) is 5.12. The van der Waals surface area contributed by atoms with E-state index in [0.29, 0.717) is 5.92 Å². The number of amides is 1. The van der Waals surface area contributed by atoms with Crippen molar-refractivity contribution < 1.29 is 4.79 Å². The van der Waals surface area contributed by atoms with Crippen molar-refractivity contribution in [3.05, 3.63) is 47.4 Å². The fourth-order valence-corrected chi connectivity index (χ4v) is 3.68. The number of aromatic nitrogens is 2. The van der Waals surface area contributed by atoms with Gasteiger partial charge in [0.05, 0.1) is 5.56 Å². The summed E-state index contributed by atoms with van der Waals surface area (Å²) < 4.78 is 2.06. The molecule has 1 aliphatic rings. The van der Waals surface area contributed by atoms with E-state index in [4.69, 9.17) is 0 Å². The van der Waals surface area contributed by atoms with Crippen molar-refractivity contribution in [3.63, 3.8) is 0 Å². The summed E-state index contributed by atoms with van der Waals surface area (Å²) in [6.07, 6.45) is 3.94. The third-order valence-electron chi connectivity index (χ3n) is 5.12. The fourth-order valence-electron chi connectivity index (χ4n) is 3.68. The second-order valence-electron chi connectivity index (χ2n) is 6.85. The number of rotatable bonds is 5. The lowest BCUT2D eigenvalue weighted by molar-refractivity contribution is 0.0689. The van der Waals surface area contributed by atoms with E-state index in [9.17, 15) is 4.79 Å². The summed E-state index contributed by atoms with van der Waals surface area (Å²) in [7, 11) is 0. The molecular formula is C20H28N4O. The van der Waals surface area contributed by atoms with Crippen molar-refractivity contribution in [1.29, 1.82) is 0 Å². The monoisotopic (exact) mass is 340 g/mol. The molecule has 1 fully saturated rings. The molecule has 0 aliphatic carbocycles. The lowest BCUT2D eigenvalue weighted by atomic mass is 9.96. The van der Waals surface area contributed by atoms with Gasteiger partial charge in [0.25, 0.3) is 5.91 Å². The van der Waals surface area contributed by atoms with Crippen LogP contribution < -0.4 is 5.32 Å². The van der Waals surface area contributed by atoms with E-state index < -0.39 is 0 Å². The van der Waals surface area contributed by atoms with Crippen LogP contribution in [-0.4, -0.2) is 46.5 Å². The Hall–Kier alpha value is -2.14. The van der Waals surface area contributed by atoms with Gasteiger partial charge in [0.15, 0.2) is 0 Å². The first-order chi connectivity index (χ1) is 12.1. The Morgan fingerprint density at radius 3 is 2.68 bits per heavy atom. The van der Waals surface area contributed by atoms with Crippen LogP contribution in [0.1, 0.15) is 41.5 Å². The number of carbonyl (C=O) groups excluding carboxylic acids is 1. The predicted octanol–water partition coefficient (Wildman–Crippen LogP) is 2.95. The first kappa shape index (κ1) is 17.7. The summed E-state index contributed by atoms with van der Waals surface area (Å²) in [5.41, 5.74) is 2.81. The van der Waals surface area contributed by atoms with Gasteiger partial charge >= 0.3 is 0 Å². The molecule has 5 nitrogen and oxygen atoms in total. The summed E-state index contributed by atoms with van der Waals surface area (Å²) in [5, 5.41) is 3.42. The highest BCUT2D eigenvalue weighted by Gasteiger charge is 2.26. The zero-order valence-electron chi connectivity index (χ0n) is 15.5. The number of carbonyl (C=O) groups is 1. The van der Waals surface area contributed by atoms with E-state index in [-0.39, 0.29) is 5.91 Å². The van der Waals surface area contributed by atoms with Gasteiger partial charge < -0.3 is 14.8 Å².